The molecule has 0 unspecified atom stereocenters. The van der Waals surface area contributed by atoms with Gasteiger partial charge in [0.1, 0.15) is 23.5 Å². The molecule has 3 rings (SSSR count). The van der Waals surface area contributed by atoms with Gasteiger partial charge in [-0.25, -0.2) is 19.2 Å². The Morgan fingerprint density at radius 2 is 2.05 bits per heavy atom. The van der Waals surface area contributed by atoms with Crippen molar-refractivity contribution in [2.75, 3.05) is 0 Å². The molecule has 0 amide bonds. The van der Waals surface area contributed by atoms with Gasteiger partial charge in [-0.3, -0.25) is 0 Å². The Bertz CT molecular complexity index is 703. The van der Waals surface area contributed by atoms with E-state index in [4.69, 9.17) is 9.84 Å². The Morgan fingerprint density at radius 1 is 1.24 bits per heavy atom. The predicted molar refractivity (Wildman–Crippen MR) is 72.1 cm³/mol. The molecule has 21 heavy (non-hydrogen) atoms. The molecule has 1 aromatic heterocycles. The molecule has 2 aromatic rings. The van der Waals surface area contributed by atoms with E-state index in [9.17, 15) is 9.18 Å². The molecule has 1 aromatic carbocycles. The summed E-state index contributed by atoms with van der Waals surface area (Å²) in [7, 11) is 0. The zero-order valence-corrected chi connectivity index (χ0v) is 11.2. The van der Waals surface area contributed by atoms with E-state index in [1.807, 2.05) is 0 Å². The van der Waals surface area contributed by atoms with E-state index in [2.05, 4.69) is 9.97 Å². The van der Waals surface area contributed by atoms with Crippen LogP contribution in [-0.4, -0.2) is 21.0 Å². The molecule has 1 heterocycles. The quantitative estimate of drug-likeness (QED) is 0.940. The second kappa shape index (κ2) is 5.47. The van der Waals surface area contributed by atoms with Crippen molar-refractivity contribution in [2.24, 2.45) is 0 Å². The first-order valence-corrected chi connectivity index (χ1v) is 6.68. The summed E-state index contributed by atoms with van der Waals surface area (Å²) in [6.45, 7) is 0. The molecular weight excluding hydrogens is 275 g/mol. The normalized spacial score (nSPS) is 13.6. The van der Waals surface area contributed by atoms with Gasteiger partial charge in [0.25, 0.3) is 0 Å². The summed E-state index contributed by atoms with van der Waals surface area (Å²) in [5.74, 6) is -1.43. The fourth-order valence-corrected chi connectivity index (χ4v) is 2.44. The van der Waals surface area contributed by atoms with Gasteiger partial charge in [-0.15, -0.1) is 0 Å². The number of nitrogens with zero attached hydrogens (tertiary/aromatic N) is 2. The molecule has 1 N–H and O–H groups in total. The van der Waals surface area contributed by atoms with E-state index in [0.717, 1.165) is 49.1 Å². The zero-order valence-electron chi connectivity index (χ0n) is 11.2. The predicted octanol–water partition coefficient (Wildman–Crippen LogP) is 2.99. The smallest absolute Gasteiger partial charge is 0.339 e. The van der Waals surface area contributed by atoms with Gasteiger partial charge in [-0.05, 0) is 43.9 Å². The van der Waals surface area contributed by atoms with Crippen molar-refractivity contribution in [3.8, 4) is 11.6 Å². The van der Waals surface area contributed by atoms with Gasteiger partial charge in [0, 0.05) is 5.56 Å². The average molecular weight is 288 g/mol. The molecule has 0 spiro atoms. The van der Waals surface area contributed by atoms with Gasteiger partial charge in [0.15, 0.2) is 0 Å². The Morgan fingerprint density at radius 3 is 2.86 bits per heavy atom. The van der Waals surface area contributed by atoms with Crippen molar-refractivity contribution in [1.82, 2.24) is 9.97 Å². The van der Waals surface area contributed by atoms with Gasteiger partial charge < -0.3 is 9.84 Å². The summed E-state index contributed by atoms with van der Waals surface area (Å²) in [6, 6.07) is 3.40. The number of aromatic carboxylic acids is 1. The second-order valence-corrected chi connectivity index (χ2v) is 4.86. The number of halogens is 1. The van der Waals surface area contributed by atoms with E-state index < -0.39 is 11.8 Å². The number of ether oxygens (including phenoxy) is 1. The molecule has 0 atom stereocenters. The number of carbonyl (C=O) groups is 1. The van der Waals surface area contributed by atoms with Gasteiger partial charge in [0.05, 0.1) is 5.69 Å². The van der Waals surface area contributed by atoms with Crippen LogP contribution in [-0.2, 0) is 12.8 Å². The summed E-state index contributed by atoms with van der Waals surface area (Å²) < 4.78 is 18.8. The van der Waals surface area contributed by atoms with Crippen LogP contribution in [0.4, 0.5) is 4.39 Å². The number of carboxylic acid groups (broad SMARTS) is 1. The SMILES string of the molecule is O=C(O)c1cc(F)ccc1Oc1ncnc2c1CCCC2. The fourth-order valence-electron chi connectivity index (χ4n) is 2.44. The van der Waals surface area contributed by atoms with Crippen LogP contribution >= 0.6 is 0 Å². The molecule has 0 bridgehead atoms. The van der Waals surface area contributed by atoms with Gasteiger partial charge in [0.2, 0.25) is 5.88 Å². The lowest BCUT2D eigenvalue weighted by Crippen LogP contribution is -2.09. The van der Waals surface area contributed by atoms with Crippen molar-refractivity contribution < 1.29 is 19.0 Å². The lowest BCUT2D eigenvalue weighted by Gasteiger charge is -2.17. The van der Waals surface area contributed by atoms with Gasteiger partial charge >= 0.3 is 5.97 Å². The number of hydrogen-bond donors (Lipinski definition) is 1. The second-order valence-electron chi connectivity index (χ2n) is 4.86. The van der Waals surface area contributed by atoms with Crippen LogP contribution in [0.5, 0.6) is 11.6 Å². The summed E-state index contributed by atoms with van der Waals surface area (Å²) in [6.07, 6.45) is 5.16. The summed E-state index contributed by atoms with van der Waals surface area (Å²) in [5, 5.41) is 9.13. The maximum absolute atomic E-state index is 13.2. The molecular formula is C15H13FN2O3. The molecule has 1 aliphatic rings. The first kappa shape index (κ1) is 13.5. The average Bonchev–Trinajstić information content (AvgIpc) is 2.49. The van der Waals surface area contributed by atoms with E-state index in [1.165, 1.54) is 12.4 Å². The molecule has 1 aliphatic carbocycles. The Balaban J connectivity index is 2.00. The van der Waals surface area contributed by atoms with E-state index >= 15 is 0 Å². The maximum atomic E-state index is 13.2. The molecule has 5 nitrogen and oxygen atoms in total. The minimum Gasteiger partial charge on any atom is -0.478 e. The first-order chi connectivity index (χ1) is 10.1. The van der Waals surface area contributed by atoms with Crippen LogP contribution in [0.3, 0.4) is 0 Å². The lowest BCUT2D eigenvalue weighted by molar-refractivity contribution is 0.0693. The number of fused-ring (bicyclic) bond motifs is 1. The molecule has 108 valence electrons. The summed E-state index contributed by atoms with van der Waals surface area (Å²) >= 11 is 0. The van der Waals surface area contributed by atoms with Crippen LogP contribution in [0.2, 0.25) is 0 Å². The molecule has 0 fully saturated rings. The number of aryl methyl sites for hydroxylation is 1. The Kier molecular flexibility index (Phi) is 3.51. The van der Waals surface area contributed by atoms with Crippen LogP contribution in [0.1, 0.15) is 34.5 Å². The van der Waals surface area contributed by atoms with Crippen molar-refractivity contribution in [2.45, 2.75) is 25.7 Å². The van der Waals surface area contributed by atoms with Crippen LogP contribution in [0.15, 0.2) is 24.5 Å². The van der Waals surface area contributed by atoms with Crippen molar-refractivity contribution >= 4 is 5.97 Å². The van der Waals surface area contributed by atoms with Gasteiger partial charge in [-0.1, -0.05) is 0 Å². The highest BCUT2D eigenvalue weighted by molar-refractivity contribution is 5.91. The number of hydrogen-bond acceptors (Lipinski definition) is 4. The number of carboxylic acids is 1. The van der Waals surface area contributed by atoms with E-state index in [1.54, 1.807) is 0 Å². The van der Waals surface area contributed by atoms with Crippen molar-refractivity contribution in [3.63, 3.8) is 0 Å². The minimum absolute atomic E-state index is 0.0790. The maximum Gasteiger partial charge on any atom is 0.339 e. The van der Waals surface area contributed by atoms with Crippen LogP contribution < -0.4 is 4.74 Å². The largest absolute Gasteiger partial charge is 0.478 e. The topological polar surface area (TPSA) is 72.3 Å². The Hall–Kier alpha value is -2.50. The highest BCUT2D eigenvalue weighted by Crippen LogP contribution is 2.31. The third-order valence-corrected chi connectivity index (χ3v) is 3.46. The van der Waals surface area contributed by atoms with Crippen LogP contribution in [0, 0.1) is 5.82 Å². The number of benzene rings is 1. The minimum atomic E-state index is -1.24. The third kappa shape index (κ3) is 2.69. The zero-order chi connectivity index (χ0) is 14.8. The fraction of sp³-hybridized carbons (Fsp3) is 0.267. The summed E-state index contributed by atoms with van der Waals surface area (Å²) in [4.78, 5) is 19.5. The Labute approximate surface area is 120 Å². The highest BCUT2D eigenvalue weighted by atomic mass is 19.1. The highest BCUT2D eigenvalue weighted by Gasteiger charge is 2.19. The van der Waals surface area contributed by atoms with Crippen LogP contribution in [0.25, 0.3) is 0 Å². The van der Waals surface area contributed by atoms with Crippen molar-refractivity contribution in [1.29, 1.82) is 0 Å². The first-order valence-electron chi connectivity index (χ1n) is 6.68. The van der Waals surface area contributed by atoms with E-state index in [-0.39, 0.29) is 11.3 Å². The van der Waals surface area contributed by atoms with Gasteiger partial charge in [-0.2, -0.15) is 0 Å². The van der Waals surface area contributed by atoms with Crippen molar-refractivity contribution in [3.05, 3.63) is 47.2 Å². The molecule has 0 saturated heterocycles. The third-order valence-electron chi connectivity index (χ3n) is 3.46. The van der Waals surface area contributed by atoms with E-state index in [0.29, 0.717) is 5.88 Å². The molecule has 0 radical (unpaired) electrons. The monoisotopic (exact) mass is 288 g/mol. The standard InChI is InChI=1S/C15H13FN2O3/c16-9-5-6-13(11(7-9)15(19)20)21-14-10-3-1-2-4-12(10)17-8-18-14/h5-8H,1-4H2,(H,19,20). The molecule has 0 saturated carbocycles. The lowest BCUT2D eigenvalue weighted by atomic mass is 9.97. The summed E-state index contributed by atoms with van der Waals surface area (Å²) in [5.41, 5.74) is 1.62. The number of aromatic nitrogens is 2. The number of rotatable bonds is 3. The molecule has 0 aliphatic heterocycles. The molecule has 6 heteroatoms.